The Hall–Kier alpha value is -4.71. The van der Waals surface area contributed by atoms with Crippen molar-refractivity contribution in [1.29, 1.82) is 5.26 Å². The van der Waals surface area contributed by atoms with Crippen LogP contribution in [0.1, 0.15) is 98.6 Å². The highest BCUT2D eigenvalue weighted by molar-refractivity contribution is 7.13. The molecule has 1 aliphatic carbocycles. The fourth-order valence-electron chi connectivity index (χ4n) is 9.49. The van der Waals surface area contributed by atoms with Crippen LogP contribution in [-0.2, 0) is 4.79 Å². The lowest BCUT2D eigenvalue weighted by atomic mass is 9.49. The number of hydrogen-bond donors (Lipinski definition) is 2. The van der Waals surface area contributed by atoms with Crippen LogP contribution in [0.15, 0.2) is 72.2 Å². The molecule has 9 nitrogen and oxygen atoms in total. The first-order valence-corrected chi connectivity index (χ1v) is 21.6. The Bertz CT molecular complexity index is 2200. The molecule has 1 atom stereocenters. The lowest BCUT2D eigenvalue weighted by molar-refractivity contribution is -0.164. The number of aryl methyl sites for hydroxylation is 1. The van der Waals surface area contributed by atoms with E-state index in [1.807, 2.05) is 53.7 Å². The summed E-state index contributed by atoms with van der Waals surface area (Å²) in [5, 5.41) is 12.8. The number of amides is 2. The number of thiazole rings is 1. The molecule has 3 aromatic carbocycles. The molecule has 3 fully saturated rings. The summed E-state index contributed by atoms with van der Waals surface area (Å²) in [6, 6.07) is 23.0. The summed E-state index contributed by atoms with van der Waals surface area (Å²) in [6.45, 7) is 14.0. The molecule has 2 aliphatic heterocycles. The van der Waals surface area contributed by atoms with E-state index < -0.39 is 0 Å². The van der Waals surface area contributed by atoms with Crippen molar-refractivity contribution in [2.24, 2.45) is 22.5 Å². The van der Waals surface area contributed by atoms with E-state index in [1.54, 1.807) is 29.5 Å². The van der Waals surface area contributed by atoms with Crippen molar-refractivity contribution >= 4 is 34.8 Å². The van der Waals surface area contributed by atoms with E-state index in [-0.39, 0.29) is 40.8 Å². The maximum absolute atomic E-state index is 13.4. The minimum Gasteiger partial charge on any atom is -0.489 e. The average molecular weight is 817 g/mol. The van der Waals surface area contributed by atoms with Crippen LogP contribution in [0.25, 0.3) is 10.4 Å². The molecule has 3 aliphatic rings. The van der Waals surface area contributed by atoms with Crippen molar-refractivity contribution in [3.63, 3.8) is 0 Å². The molecule has 4 aromatic rings. The Balaban J connectivity index is 0.834. The molecule has 302 valence electrons. The van der Waals surface area contributed by atoms with Crippen molar-refractivity contribution in [2.45, 2.75) is 91.0 Å². The summed E-state index contributed by atoms with van der Waals surface area (Å²) in [5.74, 6) is 7.81. The Labute approximate surface area is 351 Å². The highest BCUT2D eigenvalue weighted by Crippen LogP contribution is 2.55. The van der Waals surface area contributed by atoms with E-state index in [1.165, 1.54) is 0 Å². The summed E-state index contributed by atoms with van der Waals surface area (Å²) in [5.41, 5.74) is 12.7. The minimum absolute atomic E-state index is 0.121. The van der Waals surface area contributed by atoms with Crippen LogP contribution < -0.4 is 15.8 Å². The lowest BCUT2D eigenvalue weighted by Crippen LogP contribution is -2.74. The van der Waals surface area contributed by atoms with Gasteiger partial charge in [-0.2, -0.15) is 5.26 Å². The second-order valence-corrected chi connectivity index (χ2v) is 18.5. The number of nitriles is 1. The summed E-state index contributed by atoms with van der Waals surface area (Å²) in [6.07, 6.45) is 4.16. The Morgan fingerprint density at radius 3 is 2.26 bits per heavy atom. The summed E-state index contributed by atoms with van der Waals surface area (Å²) >= 11 is 7.88. The first-order valence-electron chi connectivity index (χ1n) is 20.3. The normalized spacial score (nSPS) is 21.2. The van der Waals surface area contributed by atoms with Crippen LogP contribution in [0.3, 0.4) is 0 Å². The maximum Gasteiger partial charge on any atom is 0.251 e. The smallest absolute Gasteiger partial charge is 0.251 e. The first-order chi connectivity index (χ1) is 27.7. The standard InChI is InChI=1S/C47H53ClN6O3S/c1-30-42(58-29-51-30)34-14-12-33(13-15-34)40(50)27-41(55)54-24-20-37(21-25-54)53-22-18-32(19-23-53)7-6-31-8-10-35(11-9-31)43(56)52-44-46(2,3)45(47(44,4)5)57-38-17-16-36(28-49)39(48)26-38/h8-17,26,29,32,37,40,44-45H,18-25,27,50H2,1-5H3,(H,52,56)/t40-,44-,45-/m1/s1. The van der Waals surface area contributed by atoms with Gasteiger partial charge in [0.25, 0.3) is 5.91 Å². The number of nitrogens with one attached hydrogen (secondary N) is 1. The number of halogens is 1. The second-order valence-electron chi connectivity index (χ2n) is 17.3. The van der Waals surface area contributed by atoms with Gasteiger partial charge in [0, 0.05) is 71.6 Å². The molecular formula is C47H53ClN6O3S. The summed E-state index contributed by atoms with van der Waals surface area (Å²) < 4.78 is 6.37. The number of ether oxygens (including phenoxy) is 1. The van der Waals surface area contributed by atoms with Gasteiger partial charge in [0.15, 0.2) is 0 Å². The van der Waals surface area contributed by atoms with Gasteiger partial charge in [0.05, 0.1) is 26.7 Å². The molecular weight excluding hydrogens is 764 g/mol. The van der Waals surface area contributed by atoms with E-state index in [2.05, 4.69) is 72.9 Å². The summed E-state index contributed by atoms with van der Waals surface area (Å²) in [4.78, 5) is 36.7. The van der Waals surface area contributed by atoms with Gasteiger partial charge in [-0.15, -0.1) is 11.3 Å². The predicted octanol–water partition coefficient (Wildman–Crippen LogP) is 8.40. The Morgan fingerprint density at radius 1 is 0.983 bits per heavy atom. The maximum atomic E-state index is 13.4. The Morgan fingerprint density at radius 2 is 1.66 bits per heavy atom. The van der Waals surface area contributed by atoms with Crippen molar-refractivity contribution in [1.82, 2.24) is 20.1 Å². The third kappa shape index (κ3) is 8.82. The van der Waals surface area contributed by atoms with Gasteiger partial charge in [0.2, 0.25) is 5.91 Å². The number of carbonyl (C=O) groups excluding carboxylic acids is 2. The van der Waals surface area contributed by atoms with Gasteiger partial charge in [-0.05, 0) is 93.2 Å². The van der Waals surface area contributed by atoms with Crippen LogP contribution >= 0.6 is 22.9 Å². The minimum atomic E-state index is -0.345. The molecule has 1 saturated carbocycles. The van der Waals surface area contributed by atoms with Gasteiger partial charge in [-0.1, -0.05) is 75.4 Å². The number of piperidine rings is 2. The van der Waals surface area contributed by atoms with Gasteiger partial charge in [0.1, 0.15) is 17.9 Å². The zero-order valence-electron chi connectivity index (χ0n) is 34.1. The van der Waals surface area contributed by atoms with Crippen molar-refractivity contribution in [2.75, 3.05) is 26.2 Å². The number of aromatic nitrogens is 1. The van der Waals surface area contributed by atoms with Gasteiger partial charge >= 0.3 is 0 Å². The van der Waals surface area contributed by atoms with Crippen molar-refractivity contribution < 1.29 is 14.3 Å². The van der Waals surface area contributed by atoms with Gasteiger partial charge in [-0.25, -0.2) is 4.98 Å². The number of benzene rings is 3. The summed E-state index contributed by atoms with van der Waals surface area (Å²) in [7, 11) is 0. The highest BCUT2D eigenvalue weighted by Gasteiger charge is 2.64. The fourth-order valence-corrected chi connectivity index (χ4v) is 10.5. The molecule has 2 amide bonds. The van der Waals surface area contributed by atoms with E-state index in [0.717, 1.165) is 79.1 Å². The largest absolute Gasteiger partial charge is 0.489 e. The van der Waals surface area contributed by atoms with Crippen molar-refractivity contribution in [3.8, 4) is 34.1 Å². The average Bonchev–Trinajstić information content (AvgIpc) is 3.66. The van der Waals surface area contributed by atoms with Crippen LogP contribution in [0.5, 0.6) is 5.75 Å². The third-order valence-electron chi connectivity index (χ3n) is 12.6. The number of hydrogen-bond acceptors (Lipinski definition) is 8. The number of nitrogens with zero attached hydrogens (tertiary/aromatic N) is 4. The number of nitrogens with two attached hydrogens (primary N) is 1. The van der Waals surface area contributed by atoms with E-state index in [0.29, 0.717) is 40.3 Å². The Kier molecular flexibility index (Phi) is 12.3. The SMILES string of the molecule is Cc1ncsc1-c1ccc([C@H](N)CC(=O)N2CCC(N3CCC(C#Cc4ccc(C(=O)N[C@H]5C(C)(C)[C@H](Oc6ccc(C#N)c(Cl)c6)C5(C)C)cc4)CC3)CC2)cc1. The van der Waals surface area contributed by atoms with Crippen LogP contribution in [0.4, 0.5) is 0 Å². The molecule has 3 N–H and O–H groups in total. The third-order valence-corrected chi connectivity index (χ3v) is 13.9. The van der Waals surface area contributed by atoms with Gasteiger partial charge in [-0.3, -0.25) is 9.59 Å². The molecule has 0 bridgehead atoms. The molecule has 0 radical (unpaired) electrons. The molecule has 3 heterocycles. The second kappa shape index (κ2) is 17.3. The zero-order valence-corrected chi connectivity index (χ0v) is 35.6. The van der Waals surface area contributed by atoms with E-state index >= 15 is 0 Å². The zero-order chi connectivity index (χ0) is 41.2. The van der Waals surface area contributed by atoms with E-state index in [9.17, 15) is 14.9 Å². The van der Waals surface area contributed by atoms with Gasteiger partial charge < -0.3 is 25.6 Å². The molecule has 0 unspecified atom stereocenters. The number of rotatable bonds is 9. The predicted molar refractivity (Wildman–Crippen MR) is 230 cm³/mol. The molecule has 0 spiro atoms. The highest BCUT2D eigenvalue weighted by atomic mass is 35.5. The topological polar surface area (TPSA) is 125 Å². The monoisotopic (exact) mass is 816 g/mol. The van der Waals surface area contributed by atoms with E-state index in [4.69, 9.17) is 22.1 Å². The van der Waals surface area contributed by atoms with Crippen LogP contribution in [0.2, 0.25) is 5.02 Å². The first kappa shape index (κ1) is 41.4. The molecule has 7 rings (SSSR count). The molecule has 11 heteroatoms. The fraction of sp³-hybridized carbons (Fsp3) is 0.447. The van der Waals surface area contributed by atoms with Crippen LogP contribution in [-0.4, -0.2) is 71.0 Å². The lowest BCUT2D eigenvalue weighted by Gasteiger charge is -2.63. The quantitative estimate of drug-likeness (QED) is 0.163. The molecule has 58 heavy (non-hydrogen) atoms. The number of likely N-dealkylation sites (tertiary alicyclic amines) is 2. The van der Waals surface area contributed by atoms with Crippen LogP contribution in [0, 0.1) is 46.8 Å². The van der Waals surface area contributed by atoms with Crippen molar-refractivity contribution in [3.05, 3.63) is 105 Å². The molecule has 2 saturated heterocycles. The molecule has 1 aromatic heterocycles. The number of carbonyl (C=O) groups is 2.